The standard InChI is InChI=1S/C69H81N3O14/c1-44(25-20-27-46(3)34-36-52-48(5)58(74)56(41-68(52,7)8)82-65(78)54(71)33-22-38-70)23-18-19-24-45(2)26-21-28-47(4)35-37-53-49(6)59(75)57(42-69(53,9)10)83-67(80-40-39-72-11)81-43-55(73)60-61(85-63(76)50-29-14-12-15-30-50)62(66(79)84-60)86-64(77)51-31-16-13-17-32-51/h12-21,23-32,34-37,54-57,60,67,73H,22,33,38-43,70-71H2,1-10H3/b19-18+,25-20+,26-21+,36-34+,37-35+,44-23+,45-24+,46-27+,47-28+/t54?,55-,56?,57?,60+,67?/m0/s1. The molecule has 0 amide bonds. The number of Topliss-reactive ketones (excluding diaryl/α,β-unsaturated/α-hetero) is 2. The molecule has 3 aliphatic rings. The highest BCUT2D eigenvalue weighted by Gasteiger charge is 2.46. The molecular formula is C69H81N3O14. The number of nitrogens with zero attached hydrogens (tertiary/aromatic N) is 1. The van der Waals surface area contributed by atoms with Gasteiger partial charge in [0, 0.05) is 6.42 Å². The van der Waals surface area contributed by atoms with E-state index in [0.717, 1.165) is 33.4 Å². The number of benzene rings is 2. The minimum absolute atomic E-state index is 0.0702. The molecule has 456 valence electrons. The third-order valence-corrected chi connectivity index (χ3v) is 14.4. The van der Waals surface area contributed by atoms with Gasteiger partial charge in [-0.1, -0.05) is 171 Å². The summed E-state index contributed by atoms with van der Waals surface area (Å²) in [5, 5.41) is 11.4. The zero-order chi connectivity index (χ0) is 63.1. The number of carbonyl (C=O) groups is 6. The van der Waals surface area contributed by atoms with Gasteiger partial charge in [-0.3, -0.25) is 14.4 Å². The fraction of sp³-hybridized carbons (Fsp3) is 0.377. The van der Waals surface area contributed by atoms with Crippen molar-refractivity contribution in [2.24, 2.45) is 22.3 Å². The molecule has 2 aromatic carbocycles. The van der Waals surface area contributed by atoms with Crippen LogP contribution in [0.3, 0.4) is 0 Å². The van der Waals surface area contributed by atoms with Gasteiger partial charge in [-0.05, 0) is 125 Å². The van der Waals surface area contributed by atoms with Gasteiger partial charge in [0.05, 0.1) is 17.7 Å². The number of esters is 4. The number of hydrogen-bond acceptors (Lipinski definition) is 16. The summed E-state index contributed by atoms with van der Waals surface area (Å²) >= 11 is 0. The van der Waals surface area contributed by atoms with Gasteiger partial charge in [-0.2, -0.15) is 0 Å². The normalized spacial score (nSPS) is 20.8. The lowest BCUT2D eigenvalue weighted by molar-refractivity contribution is -0.307. The van der Waals surface area contributed by atoms with Crippen LogP contribution in [0.2, 0.25) is 0 Å². The molecule has 1 aliphatic heterocycles. The SMILES string of the molecule is [C-]#[N+]CCOC(OC[C@H](O)[C@H]1OC(=O)C(OC(=O)c2ccccc2)=C1OC(=O)c1ccccc1)OC1CC(C)(C)C(/C=C/C(C)=C/C=C/C(C)=C/C=C/C=C(C)/C=C/C=C(C)/C=C/C2=C(C)C(=O)C(OC(=O)C(N)CCCN)CC2(C)C)=C(C)C1=O. The van der Waals surface area contributed by atoms with Gasteiger partial charge in [-0.15, -0.1) is 0 Å². The van der Waals surface area contributed by atoms with Crippen LogP contribution in [0, 0.1) is 17.4 Å². The second kappa shape index (κ2) is 32.9. The molecule has 0 saturated carbocycles. The number of carbonyl (C=O) groups excluding carboxylic acids is 6. The number of ketones is 2. The van der Waals surface area contributed by atoms with Crippen molar-refractivity contribution in [3.63, 3.8) is 0 Å². The lowest BCUT2D eigenvalue weighted by Crippen LogP contribution is -2.42. The van der Waals surface area contributed by atoms with E-state index in [4.69, 9.17) is 51.2 Å². The number of aliphatic hydroxyl groups is 1. The van der Waals surface area contributed by atoms with Crippen molar-refractivity contribution in [2.45, 2.75) is 132 Å². The Morgan fingerprint density at radius 1 is 0.709 bits per heavy atom. The van der Waals surface area contributed by atoms with E-state index >= 15 is 0 Å². The molecule has 5 rings (SSSR count). The summed E-state index contributed by atoms with van der Waals surface area (Å²) in [4.78, 5) is 82.6. The van der Waals surface area contributed by atoms with Crippen molar-refractivity contribution in [1.82, 2.24) is 0 Å². The molecule has 1 heterocycles. The summed E-state index contributed by atoms with van der Waals surface area (Å²) in [5.74, 6) is -5.46. The van der Waals surface area contributed by atoms with E-state index in [9.17, 15) is 33.9 Å². The van der Waals surface area contributed by atoms with Crippen LogP contribution in [0.5, 0.6) is 0 Å². The highest BCUT2D eigenvalue weighted by molar-refractivity contribution is 6.02. The molecule has 17 nitrogen and oxygen atoms in total. The van der Waals surface area contributed by atoms with Crippen LogP contribution in [-0.2, 0) is 52.3 Å². The Kier molecular flexibility index (Phi) is 26.2. The van der Waals surface area contributed by atoms with Crippen molar-refractivity contribution in [3.8, 4) is 0 Å². The maximum absolute atomic E-state index is 14.0. The van der Waals surface area contributed by atoms with E-state index < -0.39 is 89.8 Å². The summed E-state index contributed by atoms with van der Waals surface area (Å²) in [7, 11) is 0. The third-order valence-electron chi connectivity index (χ3n) is 14.4. The van der Waals surface area contributed by atoms with Gasteiger partial charge in [0.2, 0.25) is 12.3 Å². The molecule has 0 bridgehead atoms. The molecule has 2 aliphatic carbocycles. The Morgan fingerprint density at radius 3 is 1.70 bits per heavy atom. The van der Waals surface area contributed by atoms with E-state index in [0.29, 0.717) is 37.0 Å². The van der Waals surface area contributed by atoms with Crippen LogP contribution in [0.25, 0.3) is 4.85 Å². The molecule has 6 atom stereocenters. The van der Waals surface area contributed by atoms with Crippen LogP contribution in [0.4, 0.5) is 0 Å². The number of rotatable bonds is 28. The van der Waals surface area contributed by atoms with E-state index in [2.05, 4.69) is 4.85 Å². The molecule has 0 fully saturated rings. The number of aliphatic hydroxyl groups excluding tert-OH is 1. The Bertz CT molecular complexity index is 3230. The summed E-state index contributed by atoms with van der Waals surface area (Å²) < 4.78 is 39.6. The number of allylic oxidation sites excluding steroid dienone is 20. The number of ether oxygens (including phenoxy) is 7. The van der Waals surface area contributed by atoms with Crippen molar-refractivity contribution in [3.05, 3.63) is 224 Å². The van der Waals surface area contributed by atoms with Gasteiger partial charge in [0.15, 0.2) is 23.8 Å². The predicted molar refractivity (Wildman–Crippen MR) is 328 cm³/mol. The molecule has 0 saturated heterocycles. The molecule has 0 radical (unpaired) electrons. The second-order valence-corrected chi connectivity index (χ2v) is 22.5. The second-order valence-electron chi connectivity index (χ2n) is 22.5. The van der Waals surface area contributed by atoms with Crippen LogP contribution in [-0.4, -0.2) is 104 Å². The van der Waals surface area contributed by atoms with E-state index in [1.807, 2.05) is 140 Å². The Labute approximate surface area is 505 Å². The van der Waals surface area contributed by atoms with Gasteiger partial charge in [0.1, 0.15) is 24.9 Å². The maximum atomic E-state index is 14.0. The number of nitrogens with two attached hydrogens (primary N) is 2. The molecule has 2 aromatic rings. The van der Waals surface area contributed by atoms with E-state index in [-0.39, 0.29) is 42.3 Å². The zero-order valence-electron chi connectivity index (χ0n) is 50.8. The first kappa shape index (κ1) is 68.6. The van der Waals surface area contributed by atoms with Crippen molar-refractivity contribution < 1.29 is 67.0 Å². The summed E-state index contributed by atoms with van der Waals surface area (Å²) in [5.41, 5.74) is 17.5. The highest BCUT2D eigenvalue weighted by atomic mass is 16.8. The van der Waals surface area contributed by atoms with Crippen molar-refractivity contribution in [1.29, 1.82) is 0 Å². The van der Waals surface area contributed by atoms with Crippen LogP contribution >= 0.6 is 0 Å². The zero-order valence-corrected chi connectivity index (χ0v) is 50.8. The number of cyclic esters (lactones) is 1. The average molecular weight is 1180 g/mol. The third kappa shape index (κ3) is 20.2. The molecule has 17 heteroatoms. The quantitative estimate of drug-likeness (QED) is 0.0179. The molecule has 0 spiro atoms. The first-order valence-electron chi connectivity index (χ1n) is 28.5. The minimum Gasteiger partial charge on any atom is -0.453 e. The lowest BCUT2D eigenvalue weighted by atomic mass is 9.71. The first-order valence-corrected chi connectivity index (χ1v) is 28.5. The van der Waals surface area contributed by atoms with E-state index in [1.165, 1.54) is 24.3 Å². The smallest absolute Gasteiger partial charge is 0.379 e. The van der Waals surface area contributed by atoms with Gasteiger partial charge in [-0.25, -0.2) is 21.0 Å². The lowest BCUT2D eigenvalue weighted by Gasteiger charge is -2.37. The van der Waals surface area contributed by atoms with Gasteiger partial charge in [0.25, 0.3) is 12.2 Å². The van der Waals surface area contributed by atoms with Crippen LogP contribution in [0.15, 0.2) is 202 Å². The highest BCUT2D eigenvalue weighted by Crippen LogP contribution is 2.42. The van der Waals surface area contributed by atoms with Gasteiger partial charge < -0.3 is 54.6 Å². The van der Waals surface area contributed by atoms with Crippen molar-refractivity contribution >= 4 is 35.4 Å². The van der Waals surface area contributed by atoms with Crippen molar-refractivity contribution in [2.75, 3.05) is 26.3 Å². The molecule has 0 aromatic heterocycles. The summed E-state index contributed by atoms with van der Waals surface area (Å²) in [6, 6.07) is 14.8. The molecule has 86 heavy (non-hydrogen) atoms. The van der Waals surface area contributed by atoms with Crippen LogP contribution < -0.4 is 11.5 Å². The first-order chi connectivity index (χ1) is 40.9. The Morgan fingerprint density at radius 2 is 1.19 bits per heavy atom. The maximum Gasteiger partial charge on any atom is 0.379 e. The Hall–Kier alpha value is -8.21. The van der Waals surface area contributed by atoms with Crippen LogP contribution in [0.1, 0.15) is 116 Å². The summed E-state index contributed by atoms with van der Waals surface area (Å²) in [6.45, 7) is 24.7. The van der Waals surface area contributed by atoms with Gasteiger partial charge >= 0.3 is 23.9 Å². The Balaban J connectivity index is 1.17. The largest absolute Gasteiger partial charge is 0.453 e. The fourth-order valence-electron chi connectivity index (χ4n) is 9.54. The molecule has 4 unspecified atom stereocenters. The fourth-order valence-corrected chi connectivity index (χ4v) is 9.54. The topological polar surface area (TPSA) is 244 Å². The summed E-state index contributed by atoms with van der Waals surface area (Å²) in [6.07, 6.45) is 23.9. The molecular weight excluding hydrogens is 1090 g/mol. The molecule has 5 N–H and O–H groups in total. The predicted octanol–water partition coefficient (Wildman–Crippen LogP) is 11.0. The average Bonchev–Trinajstić information content (AvgIpc) is 1.28. The number of hydrogen-bond donors (Lipinski definition) is 3. The van der Waals surface area contributed by atoms with E-state index in [1.54, 1.807) is 50.2 Å². The minimum atomic E-state index is -1.75. The monoisotopic (exact) mass is 1180 g/mol.